The molecule has 1 amide bonds. The molecule has 25 heavy (non-hydrogen) atoms. The molecular formula is C17H21N7O. The van der Waals surface area contributed by atoms with E-state index in [1.54, 1.807) is 6.33 Å². The molecule has 1 saturated carbocycles. The van der Waals surface area contributed by atoms with Crippen LogP contribution in [-0.4, -0.2) is 45.0 Å². The van der Waals surface area contributed by atoms with Gasteiger partial charge in [0.15, 0.2) is 11.5 Å². The number of aromatic nitrogens is 4. The van der Waals surface area contributed by atoms with Gasteiger partial charge in [0.25, 0.3) is 0 Å². The van der Waals surface area contributed by atoms with Gasteiger partial charge in [-0.3, -0.25) is 4.79 Å². The summed E-state index contributed by atoms with van der Waals surface area (Å²) in [4.78, 5) is 30.5. The van der Waals surface area contributed by atoms with Crippen LogP contribution in [0.15, 0.2) is 12.7 Å². The van der Waals surface area contributed by atoms with E-state index in [2.05, 4.69) is 36.2 Å². The number of hydrogen-bond donors (Lipinski definition) is 2. The molecule has 2 fully saturated rings. The molecule has 2 N–H and O–H groups in total. The number of nitrogens with zero attached hydrogens (tertiary/aromatic N) is 5. The topological polar surface area (TPSA) is 111 Å². The summed E-state index contributed by atoms with van der Waals surface area (Å²) in [5.74, 6) is 0.998. The summed E-state index contributed by atoms with van der Waals surface area (Å²) in [5, 5.41) is 12.1. The van der Waals surface area contributed by atoms with Crippen LogP contribution in [0.4, 0.5) is 5.82 Å². The van der Waals surface area contributed by atoms with E-state index in [0.29, 0.717) is 18.5 Å². The van der Waals surface area contributed by atoms with Crippen LogP contribution in [0.1, 0.15) is 32.6 Å². The van der Waals surface area contributed by atoms with E-state index in [9.17, 15) is 4.79 Å². The molecule has 1 aliphatic carbocycles. The zero-order valence-electron chi connectivity index (χ0n) is 14.2. The van der Waals surface area contributed by atoms with Gasteiger partial charge < -0.3 is 15.2 Å². The number of carbonyl (C=O) groups excluding carboxylic acids is 1. The minimum Gasteiger partial charge on any atom is -0.355 e. The summed E-state index contributed by atoms with van der Waals surface area (Å²) < 4.78 is 0. The fourth-order valence-electron chi connectivity index (χ4n) is 3.89. The Labute approximate surface area is 145 Å². The number of rotatable bonds is 3. The lowest BCUT2D eigenvalue weighted by molar-refractivity contribution is -0.137. The van der Waals surface area contributed by atoms with Crippen LogP contribution >= 0.6 is 0 Å². The van der Waals surface area contributed by atoms with Crippen LogP contribution in [0.2, 0.25) is 0 Å². The van der Waals surface area contributed by atoms with Crippen molar-refractivity contribution in [1.29, 1.82) is 5.26 Å². The fraction of sp³-hybridized carbons (Fsp3) is 0.588. The van der Waals surface area contributed by atoms with Crippen LogP contribution < -0.4 is 10.2 Å². The number of hydrogen-bond acceptors (Lipinski definition) is 6. The van der Waals surface area contributed by atoms with Crippen molar-refractivity contribution in [3.63, 3.8) is 0 Å². The first-order valence-electron chi connectivity index (χ1n) is 8.69. The maximum atomic E-state index is 12.5. The highest BCUT2D eigenvalue weighted by Crippen LogP contribution is 2.45. The maximum absolute atomic E-state index is 12.5. The number of imidazole rings is 1. The molecule has 2 aromatic rings. The highest BCUT2D eigenvalue weighted by molar-refractivity contribution is 5.84. The Bertz CT molecular complexity index is 825. The summed E-state index contributed by atoms with van der Waals surface area (Å²) in [6, 6.07) is 2.43. The summed E-state index contributed by atoms with van der Waals surface area (Å²) in [6.45, 7) is 3.61. The molecule has 4 rings (SSSR count). The van der Waals surface area contributed by atoms with Crippen molar-refractivity contribution in [2.45, 2.75) is 38.6 Å². The van der Waals surface area contributed by atoms with Crippen molar-refractivity contribution in [3.8, 4) is 6.07 Å². The van der Waals surface area contributed by atoms with Crippen LogP contribution in [0, 0.1) is 22.7 Å². The number of nitriles is 1. The number of carbonyl (C=O) groups is 1. The van der Waals surface area contributed by atoms with E-state index in [0.717, 1.165) is 37.3 Å². The van der Waals surface area contributed by atoms with Crippen LogP contribution in [0.25, 0.3) is 11.2 Å². The second-order valence-corrected chi connectivity index (χ2v) is 7.33. The molecule has 3 heterocycles. The average Bonchev–Trinajstić information content (AvgIpc) is 3.08. The number of anilines is 1. The van der Waals surface area contributed by atoms with Gasteiger partial charge in [0, 0.05) is 30.5 Å². The molecule has 0 spiro atoms. The fourth-order valence-corrected chi connectivity index (χ4v) is 3.89. The number of piperidine rings is 1. The van der Waals surface area contributed by atoms with Crippen molar-refractivity contribution >= 4 is 22.9 Å². The first-order valence-corrected chi connectivity index (χ1v) is 8.69. The summed E-state index contributed by atoms with van der Waals surface area (Å²) >= 11 is 0. The quantitative estimate of drug-likeness (QED) is 0.874. The van der Waals surface area contributed by atoms with Crippen molar-refractivity contribution in [2.75, 3.05) is 18.0 Å². The number of H-pyrrole nitrogens is 1. The zero-order valence-corrected chi connectivity index (χ0v) is 14.2. The lowest BCUT2D eigenvalue weighted by atomic mass is 9.63. The van der Waals surface area contributed by atoms with Gasteiger partial charge in [-0.05, 0) is 25.7 Å². The monoisotopic (exact) mass is 339 g/mol. The molecule has 0 bridgehead atoms. The predicted molar refractivity (Wildman–Crippen MR) is 91.5 cm³/mol. The molecule has 1 saturated heterocycles. The SMILES string of the molecule is CC1(C(=O)NC2CCN(c3ncnc4nc[nH]c34)CC2)CC(C#N)C1. The third-order valence-corrected chi connectivity index (χ3v) is 5.46. The lowest BCUT2D eigenvalue weighted by Crippen LogP contribution is -2.52. The molecule has 2 aromatic heterocycles. The van der Waals surface area contributed by atoms with E-state index in [-0.39, 0.29) is 23.3 Å². The van der Waals surface area contributed by atoms with E-state index in [1.807, 2.05) is 6.92 Å². The standard InChI is InChI=1S/C17H21N7O/c1-17(6-11(7-17)8-18)16(25)23-12-2-4-24(5-3-12)15-13-14(20-9-19-13)21-10-22-15/h9-12H,2-7H2,1H3,(H,23,25)(H,19,20,21,22). The van der Waals surface area contributed by atoms with Gasteiger partial charge in [0.05, 0.1) is 12.4 Å². The molecular weight excluding hydrogens is 318 g/mol. The number of nitrogens with one attached hydrogen (secondary N) is 2. The minimum absolute atomic E-state index is 0.0344. The van der Waals surface area contributed by atoms with Crippen LogP contribution in [-0.2, 0) is 4.79 Å². The second kappa shape index (κ2) is 5.99. The molecule has 0 atom stereocenters. The highest BCUT2D eigenvalue weighted by Gasteiger charge is 2.46. The van der Waals surface area contributed by atoms with E-state index in [1.165, 1.54) is 6.33 Å². The van der Waals surface area contributed by atoms with Crippen molar-refractivity contribution in [1.82, 2.24) is 25.3 Å². The largest absolute Gasteiger partial charge is 0.355 e. The minimum atomic E-state index is -0.369. The first-order chi connectivity index (χ1) is 12.1. The summed E-state index contributed by atoms with van der Waals surface area (Å²) in [6.07, 6.45) is 6.27. The Kier molecular flexibility index (Phi) is 3.79. The van der Waals surface area contributed by atoms with E-state index in [4.69, 9.17) is 5.26 Å². The van der Waals surface area contributed by atoms with Crippen molar-refractivity contribution in [2.24, 2.45) is 11.3 Å². The van der Waals surface area contributed by atoms with Crippen molar-refractivity contribution < 1.29 is 4.79 Å². The molecule has 130 valence electrons. The Balaban J connectivity index is 1.35. The molecule has 2 aliphatic rings. The molecule has 1 aliphatic heterocycles. The Morgan fingerprint density at radius 3 is 2.84 bits per heavy atom. The highest BCUT2D eigenvalue weighted by atomic mass is 16.2. The van der Waals surface area contributed by atoms with Gasteiger partial charge in [-0.1, -0.05) is 6.92 Å². The second-order valence-electron chi connectivity index (χ2n) is 7.33. The van der Waals surface area contributed by atoms with Gasteiger partial charge in [-0.25, -0.2) is 15.0 Å². The molecule has 0 unspecified atom stereocenters. The van der Waals surface area contributed by atoms with Crippen molar-refractivity contribution in [3.05, 3.63) is 12.7 Å². The number of aromatic amines is 1. The van der Waals surface area contributed by atoms with Crippen LogP contribution in [0.3, 0.4) is 0 Å². The van der Waals surface area contributed by atoms with E-state index >= 15 is 0 Å². The average molecular weight is 339 g/mol. The van der Waals surface area contributed by atoms with E-state index < -0.39 is 0 Å². The van der Waals surface area contributed by atoms with Gasteiger partial charge in [0.1, 0.15) is 11.8 Å². The number of fused-ring (bicyclic) bond motifs is 1. The smallest absolute Gasteiger partial charge is 0.226 e. The summed E-state index contributed by atoms with van der Waals surface area (Å²) in [5.41, 5.74) is 1.16. The third kappa shape index (κ3) is 2.80. The molecule has 8 heteroatoms. The first kappa shape index (κ1) is 15.8. The zero-order chi connectivity index (χ0) is 17.4. The van der Waals surface area contributed by atoms with Gasteiger partial charge in [0.2, 0.25) is 5.91 Å². The molecule has 8 nitrogen and oxygen atoms in total. The third-order valence-electron chi connectivity index (χ3n) is 5.46. The van der Waals surface area contributed by atoms with Crippen LogP contribution in [0.5, 0.6) is 0 Å². The Morgan fingerprint density at radius 1 is 1.36 bits per heavy atom. The molecule has 0 radical (unpaired) electrons. The van der Waals surface area contributed by atoms with Gasteiger partial charge >= 0.3 is 0 Å². The predicted octanol–water partition coefficient (Wildman–Crippen LogP) is 1.38. The van der Waals surface area contributed by atoms with Gasteiger partial charge in [-0.15, -0.1) is 0 Å². The normalized spacial score (nSPS) is 26.9. The maximum Gasteiger partial charge on any atom is 0.226 e. The van der Waals surface area contributed by atoms with Gasteiger partial charge in [-0.2, -0.15) is 5.26 Å². The number of amides is 1. The summed E-state index contributed by atoms with van der Waals surface area (Å²) in [7, 11) is 0. The lowest BCUT2D eigenvalue weighted by Gasteiger charge is -2.42. The Hall–Kier alpha value is -2.69. The Morgan fingerprint density at radius 2 is 2.12 bits per heavy atom. The molecule has 0 aromatic carbocycles.